The summed E-state index contributed by atoms with van der Waals surface area (Å²) in [6.45, 7) is 2.61. The first-order valence-electron chi connectivity index (χ1n) is 5.48. The average Bonchev–Trinajstić information content (AvgIpc) is 2.85. The van der Waals surface area contributed by atoms with Crippen molar-refractivity contribution in [3.8, 4) is 0 Å². The third-order valence-corrected chi connectivity index (χ3v) is 3.39. The van der Waals surface area contributed by atoms with E-state index < -0.39 is 4.92 Å². The molecular weight excluding hydrogens is 252 g/mol. The molecule has 0 aliphatic heterocycles. The van der Waals surface area contributed by atoms with Crippen LogP contribution >= 0.6 is 11.3 Å². The maximum Gasteiger partial charge on any atom is 0.269 e. The first kappa shape index (κ1) is 12.4. The van der Waals surface area contributed by atoms with Crippen molar-refractivity contribution in [3.63, 3.8) is 0 Å². The first-order chi connectivity index (χ1) is 8.69. The monoisotopic (exact) mass is 264 g/mol. The molecule has 1 N–H and O–H groups in total. The molecule has 0 radical (unpaired) electrons. The molecule has 1 aromatic heterocycles. The van der Waals surface area contributed by atoms with E-state index in [4.69, 9.17) is 0 Å². The molecule has 0 bridgehead atoms. The SMILES string of the molecule is CCc1nnc(NCc2ccc([N+](=O)[O-])cc2)s1. The Kier molecular flexibility index (Phi) is 3.83. The second-order valence-electron chi connectivity index (χ2n) is 3.63. The van der Waals surface area contributed by atoms with Crippen LogP contribution in [0.15, 0.2) is 24.3 Å². The van der Waals surface area contributed by atoms with Gasteiger partial charge in [0.1, 0.15) is 5.01 Å². The van der Waals surface area contributed by atoms with E-state index in [0.29, 0.717) is 6.54 Å². The number of anilines is 1. The zero-order valence-corrected chi connectivity index (χ0v) is 10.6. The molecule has 0 saturated heterocycles. The van der Waals surface area contributed by atoms with E-state index in [1.54, 1.807) is 12.1 Å². The van der Waals surface area contributed by atoms with E-state index >= 15 is 0 Å². The molecule has 0 unspecified atom stereocenters. The smallest absolute Gasteiger partial charge is 0.269 e. The Bertz CT molecular complexity index is 538. The van der Waals surface area contributed by atoms with E-state index in [1.807, 2.05) is 6.92 Å². The van der Waals surface area contributed by atoms with E-state index in [9.17, 15) is 10.1 Å². The van der Waals surface area contributed by atoms with Crippen molar-refractivity contribution in [1.82, 2.24) is 10.2 Å². The second kappa shape index (κ2) is 5.54. The lowest BCUT2D eigenvalue weighted by molar-refractivity contribution is -0.384. The van der Waals surface area contributed by atoms with Crippen LogP contribution in [0.1, 0.15) is 17.5 Å². The number of hydrogen-bond acceptors (Lipinski definition) is 6. The predicted molar refractivity (Wildman–Crippen MR) is 69.7 cm³/mol. The van der Waals surface area contributed by atoms with E-state index in [1.165, 1.54) is 23.5 Å². The third-order valence-electron chi connectivity index (χ3n) is 2.36. The topological polar surface area (TPSA) is 81.0 Å². The molecule has 0 aliphatic rings. The number of benzene rings is 1. The van der Waals surface area contributed by atoms with Gasteiger partial charge in [0.25, 0.3) is 5.69 Å². The molecule has 94 valence electrons. The van der Waals surface area contributed by atoms with Gasteiger partial charge < -0.3 is 5.32 Å². The van der Waals surface area contributed by atoms with Crippen molar-refractivity contribution in [2.24, 2.45) is 0 Å². The third kappa shape index (κ3) is 3.01. The number of aromatic nitrogens is 2. The summed E-state index contributed by atoms with van der Waals surface area (Å²) < 4.78 is 0. The molecule has 2 aromatic rings. The first-order valence-corrected chi connectivity index (χ1v) is 6.30. The Morgan fingerprint density at radius 1 is 1.33 bits per heavy atom. The van der Waals surface area contributed by atoms with Gasteiger partial charge in [-0.3, -0.25) is 10.1 Å². The number of hydrogen-bond donors (Lipinski definition) is 1. The van der Waals surface area contributed by atoms with Gasteiger partial charge in [-0.15, -0.1) is 10.2 Å². The highest BCUT2D eigenvalue weighted by Crippen LogP contribution is 2.17. The van der Waals surface area contributed by atoms with Crippen molar-refractivity contribution < 1.29 is 4.92 Å². The van der Waals surface area contributed by atoms with Gasteiger partial charge in [-0.05, 0) is 12.0 Å². The van der Waals surface area contributed by atoms with Crippen molar-refractivity contribution in [1.29, 1.82) is 0 Å². The fourth-order valence-corrected chi connectivity index (χ4v) is 2.06. The highest BCUT2D eigenvalue weighted by Gasteiger charge is 2.05. The van der Waals surface area contributed by atoms with Gasteiger partial charge in [-0.25, -0.2) is 0 Å². The van der Waals surface area contributed by atoms with Gasteiger partial charge >= 0.3 is 0 Å². The van der Waals surface area contributed by atoms with Crippen LogP contribution in [-0.4, -0.2) is 15.1 Å². The summed E-state index contributed by atoms with van der Waals surface area (Å²) in [4.78, 5) is 10.1. The Morgan fingerprint density at radius 3 is 2.61 bits per heavy atom. The molecule has 18 heavy (non-hydrogen) atoms. The molecule has 0 spiro atoms. The van der Waals surface area contributed by atoms with E-state index in [0.717, 1.165) is 22.1 Å². The molecule has 1 aromatic carbocycles. The Morgan fingerprint density at radius 2 is 2.06 bits per heavy atom. The number of aryl methyl sites for hydroxylation is 1. The summed E-state index contributed by atoms with van der Waals surface area (Å²) in [5, 5.41) is 23.4. The summed E-state index contributed by atoms with van der Waals surface area (Å²) >= 11 is 1.52. The quantitative estimate of drug-likeness (QED) is 0.663. The van der Waals surface area contributed by atoms with Gasteiger partial charge in [0.15, 0.2) is 0 Å². The van der Waals surface area contributed by atoms with Crippen molar-refractivity contribution in [2.75, 3.05) is 5.32 Å². The normalized spacial score (nSPS) is 10.3. The van der Waals surface area contributed by atoms with Gasteiger partial charge in [-0.1, -0.05) is 30.4 Å². The molecule has 0 fully saturated rings. The lowest BCUT2D eigenvalue weighted by atomic mass is 10.2. The minimum Gasteiger partial charge on any atom is -0.356 e. The lowest BCUT2D eigenvalue weighted by Gasteiger charge is -2.01. The number of nitrogens with one attached hydrogen (secondary N) is 1. The molecule has 0 saturated carbocycles. The summed E-state index contributed by atoms with van der Waals surface area (Å²) in [6.07, 6.45) is 0.872. The standard InChI is InChI=1S/C11H12N4O2S/c1-2-10-13-14-11(18-10)12-7-8-3-5-9(6-4-8)15(16)17/h3-6H,2,7H2,1H3,(H,12,14). The molecular formula is C11H12N4O2S. The second-order valence-corrected chi connectivity index (χ2v) is 4.69. The number of nitrogens with zero attached hydrogens (tertiary/aromatic N) is 3. The van der Waals surface area contributed by atoms with Crippen LogP contribution in [0.3, 0.4) is 0 Å². The lowest BCUT2D eigenvalue weighted by Crippen LogP contribution is -1.99. The van der Waals surface area contributed by atoms with Crippen molar-refractivity contribution >= 4 is 22.2 Å². The summed E-state index contributed by atoms with van der Waals surface area (Å²) in [6, 6.07) is 6.45. The number of nitro groups is 1. The number of non-ortho nitro benzene ring substituents is 1. The van der Waals surface area contributed by atoms with Gasteiger partial charge in [-0.2, -0.15) is 0 Å². The van der Waals surface area contributed by atoms with Crippen LogP contribution in [0.2, 0.25) is 0 Å². The summed E-state index contributed by atoms with van der Waals surface area (Å²) in [5.74, 6) is 0. The van der Waals surface area contributed by atoms with Crippen LogP contribution in [0.4, 0.5) is 10.8 Å². The highest BCUT2D eigenvalue weighted by molar-refractivity contribution is 7.15. The number of rotatable bonds is 5. The van der Waals surface area contributed by atoms with Crippen LogP contribution in [-0.2, 0) is 13.0 Å². The fraction of sp³-hybridized carbons (Fsp3) is 0.273. The Balaban J connectivity index is 1.95. The van der Waals surface area contributed by atoms with Crippen molar-refractivity contribution in [2.45, 2.75) is 19.9 Å². The molecule has 6 nitrogen and oxygen atoms in total. The molecule has 7 heteroatoms. The van der Waals surface area contributed by atoms with Crippen LogP contribution in [0.5, 0.6) is 0 Å². The molecule has 0 aliphatic carbocycles. The van der Waals surface area contributed by atoms with Crippen LogP contribution in [0, 0.1) is 10.1 Å². The van der Waals surface area contributed by atoms with Gasteiger partial charge in [0.05, 0.1) is 4.92 Å². The van der Waals surface area contributed by atoms with Crippen LogP contribution < -0.4 is 5.32 Å². The van der Waals surface area contributed by atoms with Gasteiger partial charge in [0.2, 0.25) is 5.13 Å². The maximum atomic E-state index is 10.5. The molecule has 2 rings (SSSR count). The molecule has 0 atom stereocenters. The fourth-order valence-electron chi connectivity index (χ4n) is 1.38. The molecule has 1 heterocycles. The Hall–Kier alpha value is -2.02. The largest absolute Gasteiger partial charge is 0.356 e. The Labute approximate surface area is 108 Å². The van der Waals surface area contributed by atoms with E-state index in [-0.39, 0.29) is 5.69 Å². The van der Waals surface area contributed by atoms with Crippen molar-refractivity contribution in [3.05, 3.63) is 45.0 Å². The van der Waals surface area contributed by atoms with E-state index in [2.05, 4.69) is 15.5 Å². The highest BCUT2D eigenvalue weighted by atomic mass is 32.1. The number of nitro benzene ring substituents is 1. The molecule has 0 amide bonds. The minimum atomic E-state index is -0.407. The zero-order valence-electron chi connectivity index (χ0n) is 9.79. The predicted octanol–water partition coefficient (Wildman–Crippen LogP) is 2.62. The summed E-state index contributed by atoms with van der Waals surface area (Å²) in [7, 11) is 0. The van der Waals surface area contributed by atoms with Gasteiger partial charge in [0, 0.05) is 18.7 Å². The van der Waals surface area contributed by atoms with Crippen LogP contribution in [0.25, 0.3) is 0 Å². The maximum absolute atomic E-state index is 10.5. The minimum absolute atomic E-state index is 0.0999. The zero-order chi connectivity index (χ0) is 13.0. The summed E-state index contributed by atoms with van der Waals surface area (Å²) in [5.41, 5.74) is 1.07. The average molecular weight is 264 g/mol.